The van der Waals surface area contributed by atoms with Crippen LogP contribution in [0.2, 0.25) is 0 Å². The topological polar surface area (TPSA) is 61.4 Å². The highest BCUT2D eigenvalue weighted by Crippen LogP contribution is 2.18. The molecule has 1 saturated carbocycles. The highest BCUT2D eigenvalue weighted by atomic mass is 16.3. The second-order valence-corrected chi connectivity index (χ2v) is 4.18. The zero-order valence-electron chi connectivity index (χ0n) is 9.46. The maximum Gasteiger partial charge on any atom is 0.221 e. The van der Waals surface area contributed by atoms with Gasteiger partial charge in [-0.15, -0.1) is 0 Å². The molecule has 0 aromatic rings. The summed E-state index contributed by atoms with van der Waals surface area (Å²) in [5, 5.41) is 15.4. The van der Waals surface area contributed by atoms with Crippen LogP contribution < -0.4 is 10.6 Å². The van der Waals surface area contributed by atoms with Crippen molar-refractivity contribution in [2.75, 3.05) is 13.1 Å². The van der Waals surface area contributed by atoms with Gasteiger partial charge in [0.2, 0.25) is 5.91 Å². The molecule has 1 aliphatic carbocycles. The van der Waals surface area contributed by atoms with E-state index in [1.54, 1.807) is 0 Å². The highest BCUT2D eigenvalue weighted by molar-refractivity contribution is 5.76. The Hall–Kier alpha value is -0.610. The summed E-state index contributed by atoms with van der Waals surface area (Å²) < 4.78 is 0. The average Bonchev–Trinajstić information content (AvgIpc) is 3.01. The highest BCUT2D eigenvalue weighted by Gasteiger charge is 2.19. The van der Waals surface area contributed by atoms with E-state index in [0.717, 1.165) is 13.0 Å². The minimum Gasteiger partial charge on any atom is -0.393 e. The largest absolute Gasteiger partial charge is 0.393 e. The van der Waals surface area contributed by atoms with Crippen LogP contribution in [0.3, 0.4) is 0 Å². The molecule has 0 bridgehead atoms. The van der Waals surface area contributed by atoms with Crippen LogP contribution in [0, 0.1) is 0 Å². The van der Waals surface area contributed by atoms with E-state index in [1.807, 2.05) is 6.92 Å². The number of amides is 1. The van der Waals surface area contributed by atoms with E-state index in [-0.39, 0.29) is 12.0 Å². The monoisotopic (exact) mass is 214 g/mol. The summed E-state index contributed by atoms with van der Waals surface area (Å²) in [5.74, 6) is 0.0754. The van der Waals surface area contributed by atoms with Gasteiger partial charge >= 0.3 is 0 Å². The zero-order valence-corrected chi connectivity index (χ0v) is 9.46. The van der Waals surface area contributed by atoms with E-state index in [4.69, 9.17) is 0 Å². The molecule has 0 spiro atoms. The summed E-state index contributed by atoms with van der Waals surface area (Å²) in [6.45, 7) is 3.29. The lowest BCUT2D eigenvalue weighted by Gasteiger charge is -2.08. The van der Waals surface area contributed by atoms with Crippen LogP contribution in [0.4, 0.5) is 0 Å². The lowest BCUT2D eigenvalue weighted by molar-refractivity contribution is -0.121. The summed E-state index contributed by atoms with van der Waals surface area (Å²) in [6.07, 6.45) is 4.17. The molecular formula is C11H22N2O2. The molecule has 0 aromatic carbocycles. The van der Waals surface area contributed by atoms with Crippen molar-refractivity contribution >= 4 is 5.91 Å². The molecule has 4 nitrogen and oxygen atoms in total. The molecule has 88 valence electrons. The van der Waals surface area contributed by atoms with E-state index in [1.165, 1.54) is 12.8 Å². The smallest absolute Gasteiger partial charge is 0.221 e. The van der Waals surface area contributed by atoms with Crippen LogP contribution in [-0.4, -0.2) is 36.2 Å². The van der Waals surface area contributed by atoms with E-state index in [0.29, 0.717) is 25.4 Å². The third-order valence-corrected chi connectivity index (χ3v) is 2.63. The minimum atomic E-state index is -0.283. The van der Waals surface area contributed by atoms with Gasteiger partial charge in [-0.2, -0.15) is 0 Å². The summed E-state index contributed by atoms with van der Waals surface area (Å²) in [7, 11) is 0. The second kappa shape index (κ2) is 6.80. The third-order valence-electron chi connectivity index (χ3n) is 2.63. The molecule has 0 aliphatic heterocycles. The van der Waals surface area contributed by atoms with E-state index < -0.39 is 0 Å². The molecule has 1 aliphatic rings. The van der Waals surface area contributed by atoms with Crippen LogP contribution in [0.15, 0.2) is 0 Å². The fourth-order valence-electron chi connectivity index (χ4n) is 1.35. The minimum absolute atomic E-state index is 0.0754. The molecule has 15 heavy (non-hydrogen) atoms. The van der Waals surface area contributed by atoms with Gasteiger partial charge in [0.1, 0.15) is 0 Å². The number of nitrogens with one attached hydrogen (secondary N) is 2. The van der Waals surface area contributed by atoms with Crippen LogP contribution in [0.1, 0.15) is 39.0 Å². The zero-order chi connectivity index (χ0) is 11.1. The first-order valence-electron chi connectivity index (χ1n) is 5.90. The first-order valence-corrected chi connectivity index (χ1v) is 5.90. The van der Waals surface area contributed by atoms with Crippen LogP contribution in [0.25, 0.3) is 0 Å². The van der Waals surface area contributed by atoms with E-state index in [2.05, 4.69) is 10.6 Å². The Labute approximate surface area is 91.4 Å². The molecule has 3 N–H and O–H groups in total. The Kier molecular flexibility index (Phi) is 5.65. The predicted octanol–water partition coefficient (Wildman–Crippen LogP) is 0.406. The number of rotatable bonds is 8. The number of carbonyl (C=O) groups is 1. The molecule has 1 atom stereocenters. The molecule has 1 rings (SSSR count). The summed E-state index contributed by atoms with van der Waals surface area (Å²) in [6, 6.07) is 0.666. The first-order chi connectivity index (χ1) is 7.22. The Morgan fingerprint density at radius 3 is 2.80 bits per heavy atom. The summed E-state index contributed by atoms with van der Waals surface area (Å²) in [5.41, 5.74) is 0. The van der Waals surface area contributed by atoms with Gasteiger partial charge in [-0.1, -0.05) is 6.92 Å². The van der Waals surface area contributed by atoms with Crippen molar-refractivity contribution in [1.29, 1.82) is 0 Å². The SMILES string of the molecule is CCC(O)CCNC(=O)CCNC1CC1. The number of hydrogen-bond donors (Lipinski definition) is 3. The van der Waals surface area contributed by atoms with Crippen molar-refractivity contribution < 1.29 is 9.90 Å². The van der Waals surface area contributed by atoms with Crippen molar-refractivity contribution in [1.82, 2.24) is 10.6 Å². The number of aliphatic hydroxyl groups excluding tert-OH is 1. The van der Waals surface area contributed by atoms with Crippen molar-refractivity contribution in [2.45, 2.75) is 51.2 Å². The number of aliphatic hydroxyl groups is 1. The van der Waals surface area contributed by atoms with E-state index >= 15 is 0 Å². The van der Waals surface area contributed by atoms with Gasteiger partial charge in [-0.05, 0) is 25.7 Å². The Morgan fingerprint density at radius 2 is 2.20 bits per heavy atom. The second-order valence-electron chi connectivity index (χ2n) is 4.18. The Bertz CT molecular complexity index is 193. The molecular weight excluding hydrogens is 192 g/mol. The molecule has 1 amide bonds. The van der Waals surface area contributed by atoms with Crippen molar-refractivity contribution in [3.8, 4) is 0 Å². The maximum atomic E-state index is 11.3. The van der Waals surface area contributed by atoms with E-state index in [9.17, 15) is 9.90 Å². The molecule has 1 fully saturated rings. The van der Waals surface area contributed by atoms with Crippen LogP contribution in [0.5, 0.6) is 0 Å². The molecule has 0 heterocycles. The standard InChI is InChI=1S/C11H22N2O2/c1-2-10(14)5-7-13-11(15)6-8-12-9-3-4-9/h9-10,12,14H,2-8H2,1H3,(H,13,15). The fourth-order valence-corrected chi connectivity index (χ4v) is 1.35. The van der Waals surface area contributed by atoms with Gasteiger partial charge in [-0.25, -0.2) is 0 Å². The number of carbonyl (C=O) groups excluding carboxylic acids is 1. The maximum absolute atomic E-state index is 11.3. The predicted molar refractivity (Wildman–Crippen MR) is 59.6 cm³/mol. The van der Waals surface area contributed by atoms with Gasteiger partial charge in [-0.3, -0.25) is 4.79 Å². The average molecular weight is 214 g/mol. The van der Waals surface area contributed by atoms with Crippen LogP contribution in [-0.2, 0) is 4.79 Å². The molecule has 4 heteroatoms. The van der Waals surface area contributed by atoms with Gasteiger partial charge in [0.05, 0.1) is 6.10 Å². The molecule has 1 unspecified atom stereocenters. The van der Waals surface area contributed by atoms with Gasteiger partial charge in [0, 0.05) is 25.6 Å². The normalized spacial score (nSPS) is 17.5. The number of hydrogen-bond acceptors (Lipinski definition) is 3. The Balaban J connectivity index is 1.88. The lowest BCUT2D eigenvalue weighted by Crippen LogP contribution is -2.30. The first kappa shape index (κ1) is 12.5. The lowest BCUT2D eigenvalue weighted by atomic mass is 10.2. The Morgan fingerprint density at radius 1 is 1.47 bits per heavy atom. The third kappa shape index (κ3) is 6.47. The summed E-state index contributed by atoms with van der Waals surface area (Å²) in [4.78, 5) is 11.3. The van der Waals surface area contributed by atoms with Gasteiger partial charge in [0.25, 0.3) is 0 Å². The van der Waals surface area contributed by atoms with Gasteiger partial charge in [0.15, 0.2) is 0 Å². The quantitative estimate of drug-likeness (QED) is 0.548. The molecule has 0 aromatic heterocycles. The molecule has 0 radical (unpaired) electrons. The molecule has 0 saturated heterocycles. The van der Waals surface area contributed by atoms with Crippen molar-refractivity contribution in [3.63, 3.8) is 0 Å². The van der Waals surface area contributed by atoms with Crippen molar-refractivity contribution in [3.05, 3.63) is 0 Å². The summed E-state index contributed by atoms with van der Waals surface area (Å²) >= 11 is 0. The van der Waals surface area contributed by atoms with Crippen molar-refractivity contribution in [2.24, 2.45) is 0 Å². The van der Waals surface area contributed by atoms with Gasteiger partial charge < -0.3 is 15.7 Å². The van der Waals surface area contributed by atoms with Crippen LogP contribution >= 0.6 is 0 Å². The fraction of sp³-hybridized carbons (Fsp3) is 0.909.